The lowest BCUT2D eigenvalue weighted by Crippen LogP contribution is -2.50. The molecule has 9 nitrogen and oxygen atoms in total. The van der Waals surface area contributed by atoms with Crippen molar-refractivity contribution in [1.82, 2.24) is 19.4 Å². The van der Waals surface area contributed by atoms with Crippen LogP contribution in [0.4, 0.5) is 18.3 Å². The number of alkyl halides is 3. The molecule has 0 saturated carbocycles. The Morgan fingerprint density at radius 3 is 2.21 bits per heavy atom. The van der Waals surface area contributed by atoms with Gasteiger partial charge >= 0.3 is 6.18 Å². The zero-order valence-corrected chi connectivity index (χ0v) is 20.1. The molecule has 2 heterocycles. The van der Waals surface area contributed by atoms with E-state index in [1.807, 2.05) is 13.8 Å². The van der Waals surface area contributed by atoms with E-state index in [-0.39, 0.29) is 72.2 Å². The molecule has 0 radical (unpaired) electrons. The van der Waals surface area contributed by atoms with Gasteiger partial charge in [0.15, 0.2) is 0 Å². The predicted molar refractivity (Wildman–Crippen MR) is 119 cm³/mol. The summed E-state index contributed by atoms with van der Waals surface area (Å²) in [7, 11) is -3.68. The largest absolute Gasteiger partial charge is 0.445 e. The number of carbonyl (C=O) groups excluding carboxylic acids is 2. The van der Waals surface area contributed by atoms with Gasteiger partial charge in [-0.1, -0.05) is 37.3 Å². The van der Waals surface area contributed by atoms with E-state index in [2.05, 4.69) is 15.5 Å². The van der Waals surface area contributed by atoms with Crippen LogP contribution in [0.25, 0.3) is 0 Å². The first-order valence-electron chi connectivity index (χ1n) is 10.5. The zero-order chi connectivity index (χ0) is 25.1. The van der Waals surface area contributed by atoms with Crippen LogP contribution in [0.2, 0.25) is 0 Å². The summed E-state index contributed by atoms with van der Waals surface area (Å²) in [5, 5.41) is 6.95. The molecule has 1 aromatic heterocycles. The third-order valence-corrected chi connectivity index (χ3v) is 8.05. The van der Waals surface area contributed by atoms with Crippen LogP contribution < -0.4 is 5.32 Å². The Morgan fingerprint density at radius 1 is 1.06 bits per heavy atom. The Morgan fingerprint density at radius 2 is 1.68 bits per heavy atom. The normalized spacial score (nSPS) is 15.5. The lowest BCUT2D eigenvalue weighted by molar-refractivity contribution is -0.138. The van der Waals surface area contributed by atoms with Crippen LogP contribution in [0.5, 0.6) is 0 Å². The number of sulfonamides is 1. The van der Waals surface area contributed by atoms with E-state index in [0.717, 1.165) is 5.56 Å². The van der Waals surface area contributed by atoms with Gasteiger partial charge < -0.3 is 10.2 Å². The van der Waals surface area contributed by atoms with Gasteiger partial charge in [0.2, 0.25) is 32.0 Å². The molecule has 186 valence electrons. The minimum Gasteiger partial charge on any atom is -0.340 e. The van der Waals surface area contributed by atoms with Crippen LogP contribution in [0.15, 0.2) is 29.2 Å². The summed E-state index contributed by atoms with van der Waals surface area (Å²) in [4.78, 5) is 26.0. The minimum atomic E-state index is -4.65. The molecule has 1 aliphatic rings. The summed E-state index contributed by atoms with van der Waals surface area (Å²) in [5.74, 6) is -0.727. The SMILES string of the molecule is CC(C)c1ccc(S(=O)(=O)N2CCN(C(=O)CCC(=O)Nc3nnc(C(F)(F)F)s3)CC2)cc1. The van der Waals surface area contributed by atoms with Gasteiger partial charge in [-0.2, -0.15) is 17.5 Å². The number of amides is 2. The first kappa shape index (κ1) is 26.0. The maximum atomic E-state index is 12.9. The van der Waals surface area contributed by atoms with Crippen molar-refractivity contribution in [3.05, 3.63) is 34.8 Å². The monoisotopic (exact) mass is 519 g/mol. The zero-order valence-electron chi connectivity index (χ0n) is 18.5. The number of nitrogens with one attached hydrogen (secondary N) is 1. The Balaban J connectivity index is 1.47. The third kappa shape index (κ3) is 6.30. The second-order valence-corrected chi connectivity index (χ2v) is 10.9. The van der Waals surface area contributed by atoms with Gasteiger partial charge in [0.05, 0.1) is 4.90 Å². The first-order chi connectivity index (χ1) is 15.9. The van der Waals surface area contributed by atoms with Gasteiger partial charge in [-0.25, -0.2) is 8.42 Å². The molecule has 0 atom stereocenters. The topological polar surface area (TPSA) is 113 Å². The number of piperazine rings is 1. The molecule has 0 unspecified atom stereocenters. The summed E-state index contributed by atoms with van der Waals surface area (Å²) < 4.78 is 64.7. The van der Waals surface area contributed by atoms with E-state index in [4.69, 9.17) is 0 Å². The van der Waals surface area contributed by atoms with Crippen molar-refractivity contribution in [2.24, 2.45) is 0 Å². The number of carbonyl (C=O) groups is 2. The Kier molecular flexibility index (Phi) is 7.93. The molecule has 1 fully saturated rings. The molecular weight excluding hydrogens is 495 g/mol. The molecule has 0 spiro atoms. The fraction of sp³-hybridized carbons (Fsp3) is 0.500. The second-order valence-electron chi connectivity index (χ2n) is 7.97. The van der Waals surface area contributed by atoms with Crippen LogP contribution in [0.3, 0.4) is 0 Å². The van der Waals surface area contributed by atoms with Gasteiger partial charge in [-0.15, -0.1) is 10.2 Å². The Hall–Kier alpha value is -2.58. The van der Waals surface area contributed by atoms with Crippen molar-refractivity contribution in [2.45, 2.75) is 43.7 Å². The molecular formula is C20H24F3N5O4S2. The number of rotatable bonds is 7. The number of aromatic nitrogens is 2. The molecule has 14 heteroatoms. The van der Waals surface area contributed by atoms with Crippen LogP contribution in [-0.2, 0) is 25.8 Å². The van der Waals surface area contributed by atoms with Gasteiger partial charge in [0, 0.05) is 39.0 Å². The lowest BCUT2D eigenvalue weighted by Gasteiger charge is -2.34. The van der Waals surface area contributed by atoms with Crippen molar-refractivity contribution in [1.29, 1.82) is 0 Å². The maximum absolute atomic E-state index is 12.9. The molecule has 2 amide bonds. The van der Waals surface area contributed by atoms with E-state index in [1.165, 1.54) is 9.21 Å². The van der Waals surface area contributed by atoms with Crippen LogP contribution >= 0.6 is 11.3 Å². The summed E-state index contributed by atoms with van der Waals surface area (Å²) in [6.45, 7) is 4.63. The highest BCUT2D eigenvalue weighted by atomic mass is 32.2. The van der Waals surface area contributed by atoms with Crippen LogP contribution in [0, 0.1) is 0 Å². The van der Waals surface area contributed by atoms with Crippen LogP contribution in [0.1, 0.15) is 43.2 Å². The first-order valence-corrected chi connectivity index (χ1v) is 12.7. The Labute approximate surface area is 199 Å². The summed E-state index contributed by atoms with van der Waals surface area (Å²) in [6.07, 6.45) is -5.07. The quantitative estimate of drug-likeness (QED) is 0.602. The summed E-state index contributed by atoms with van der Waals surface area (Å²) >= 11 is 0.196. The van der Waals surface area contributed by atoms with Gasteiger partial charge in [0.25, 0.3) is 0 Å². The van der Waals surface area contributed by atoms with E-state index in [0.29, 0.717) is 0 Å². The number of hydrogen-bond donors (Lipinski definition) is 1. The average Bonchev–Trinajstić information content (AvgIpc) is 3.26. The number of nitrogens with zero attached hydrogens (tertiary/aromatic N) is 4. The van der Waals surface area contributed by atoms with Crippen molar-refractivity contribution in [3.8, 4) is 0 Å². The van der Waals surface area contributed by atoms with E-state index in [9.17, 15) is 31.2 Å². The lowest BCUT2D eigenvalue weighted by atomic mass is 10.0. The summed E-state index contributed by atoms with van der Waals surface area (Å²) in [6, 6.07) is 6.73. The van der Waals surface area contributed by atoms with E-state index >= 15 is 0 Å². The molecule has 0 bridgehead atoms. The maximum Gasteiger partial charge on any atom is 0.445 e. The summed E-state index contributed by atoms with van der Waals surface area (Å²) in [5.41, 5.74) is 1.03. The second kappa shape index (κ2) is 10.4. The third-order valence-electron chi connectivity index (χ3n) is 5.26. The van der Waals surface area contributed by atoms with E-state index < -0.39 is 27.1 Å². The van der Waals surface area contributed by atoms with Crippen molar-refractivity contribution in [3.63, 3.8) is 0 Å². The molecule has 3 rings (SSSR count). The average molecular weight is 520 g/mol. The molecule has 2 aromatic rings. The van der Waals surface area contributed by atoms with E-state index in [1.54, 1.807) is 24.3 Å². The highest BCUT2D eigenvalue weighted by Crippen LogP contribution is 2.33. The van der Waals surface area contributed by atoms with Crippen molar-refractivity contribution >= 4 is 38.3 Å². The smallest absolute Gasteiger partial charge is 0.340 e. The highest BCUT2D eigenvalue weighted by Gasteiger charge is 2.36. The highest BCUT2D eigenvalue weighted by molar-refractivity contribution is 7.89. The fourth-order valence-corrected chi connectivity index (χ4v) is 5.35. The molecule has 1 N–H and O–H groups in total. The molecule has 1 saturated heterocycles. The standard InChI is InChI=1S/C20H24F3N5O4S2/c1-13(2)14-3-5-15(6-4-14)34(31,32)28-11-9-27(10-12-28)17(30)8-7-16(29)24-19-26-25-18(33-19)20(21,22)23/h3-6,13H,7-12H2,1-2H3,(H,24,26,29). The molecule has 0 aliphatic carbocycles. The van der Waals surface area contributed by atoms with Gasteiger partial charge in [0.1, 0.15) is 0 Å². The minimum absolute atomic E-state index is 0.122. The van der Waals surface area contributed by atoms with Crippen molar-refractivity contribution in [2.75, 3.05) is 31.5 Å². The predicted octanol–water partition coefficient (Wildman–Crippen LogP) is 2.93. The van der Waals surface area contributed by atoms with Gasteiger partial charge in [-0.05, 0) is 23.6 Å². The van der Waals surface area contributed by atoms with Crippen LogP contribution in [-0.4, -0.2) is 65.8 Å². The number of benzene rings is 1. The number of halogens is 3. The molecule has 1 aliphatic heterocycles. The molecule has 1 aromatic carbocycles. The number of anilines is 1. The van der Waals surface area contributed by atoms with Gasteiger partial charge in [-0.3, -0.25) is 9.59 Å². The van der Waals surface area contributed by atoms with Crippen molar-refractivity contribution < 1.29 is 31.2 Å². The fourth-order valence-electron chi connectivity index (χ4n) is 3.30. The Bertz CT molecular complexity index is 1130. The number of hydrogen-bond acceptors (Lipinski definition) is 7. The molecule has 34 heavy (non-hydrogen) atoms.